The number of nitrogens with one attached hydrogen (secondary N) is 1. The summed E-state index contributed by atoms with van der Waals surface area (Å²) in [6.07, 6.45) is 5.00. The number of nitrogens with zero attached hydrogens (tertiary/aromatic N) is 2. The average Bonchev–Trinajstić information content (AvgIpc) is 3.21. The van der Waals surface area contributed by atoms with Crippen LogP contribution in [-0.2, 0) is 11.9 Å². The zero-order valence-corrected chi connectivity index (χ0v) is 12.1. The van der Waals surface area contributed by atoms with Crippen LogP contribution in [0.2, 0.25) is 5.02 Å². The number of pyridine rings is 1. The van der Waals surface area contributed by atoms with Gasteiger partial charge in [0.2, 0.25) is 0 Å². The van der Waals surface area contributed by atoms with Gasteiger partial charge < -0.3 is 4.57 Å². The average molecular weight is 294 g/mol. The molecule has 0 amide bonds. The van der Waals surface area contributed by atoms with Crippen LogP contribution < -0.4 is 5.48 Å². The van der Waals surface area contributed by atoms with Crippen molar-refractivity contribution < 1.29 is 9.63 Å². The molecule has 1 aliphatic carbocycles. The van der Waals surface area contributed by atoms with E-state index in [0.717, 1.165) is 23.9 Å². The highest BCUT2D eigenvalue weighted by atomic mass is 35.5. The molecule has 6 heteroatoms. The van der Waals surface area contributed by atoms with Crippen LogP contribution in [0.5, 0.6) is 0 Å². The number of aromatic nitrogens is 2. The molecule has 0 radical (unpaired) electrons. The maximum absolute atomic E-state index is 12.7. The van der Waals surface area contributed by atoms with Crippen molar-refractivity contribution in [3.05, 3.63) is 29.0 Å². The second-order valence-electron chi connectivity index (χ2n) is 5.12. The summed E-state index contributed by atoms with van der Waals surface area (Å²) in [4.78, 5) is 22.4. The Balaban J connectivity index is 2.04. The third-order valence-corrected chi connectivity index (χ3v) is 3.81. The Morgan fingerprint density at radius 2 is 2.35 bits per heavy atom. The highest BCUT2D eigenvalue weighted by Gasteiger charge is 2.38. The molecule has 1 atom stereocenters. The number of aryl methyl sites for hydroxylation is 1. The highest BCUT2D eigenvalue weighted by molar-refractivity contribution is 6.31. The van der Waals surface area contributed by atoms with Crippen LogP contribution in [0.1, 0.15) is 23.2 Å². The van der Waals surface area contributed by atoms with Crippen molar-refractivity contribution >= 4 is 28.4 Å². The van der Waals surface area contributed by atoms with Gasteiger partial charge in [-0.2, -0.15) is 0 Å². The van der Waals surface area contributed by atoms with E-state index in [1.165, 1.54) is 0 Å². The normalized spacial score (nSPS) is 16.6. The second kappa shape index (κ2) is 5.16. The Bertz CT molecular complexity index is 664. The van der Waals surface area contributed by atoms with Gasteiger partial charge in [-0.05, 0) is 24.8 Å². The van der Waals surface area contributed by atoms with Crippen LogP contribution in [-0.4, -0.2) is 28.5 Å². The molecule has 0 aliphatic heterocycles. The molecule has 5 nitrogen and oxygen atoms in total. The number of halogens is 1. The third-order valence-electron chi connectivity index (χ3n) is 3.60. The molecule has 3 rings (SSSR count). The Morgan fingerprint density at radius 1 is 1.60 bits per heavy atom. The van der Waals surface area contributed by atoms with Gasteiger partial charge in [-0.25, -0.2) is 10.5 Å². The second-order valence-corrected chi connectivity index (χ2v) is 5.56. The molecule has 0 bridgehead atoms. The molecule has 1 saturated carbocycles. The number of hydrogen-bond acceptors (Lipinski definition) is 4. The van der Waals surface area contributed by atoms with E-state index in [9.17, 15) is 4.79 Å². The van der Waals surface area contributed by atoms with Gasteiger partial charge in [-0.3, -0.25) is 9.63 Å². The SMILES string of the molecule is CNOC(C(=O)c1cn(C)c2ncc(Cl)cc12)C1CC1. The quantitative estimate of drug-likeness (QED) is 0.679. The number of rotatable bonds is 5. The number of Topliss-reactive ketones (excluding diaryl/α,β-unsaturated/α-hetero) is 1. The summed E-state index contributed by atoms with van der Waals surface area (Å²) in [5.41, 5.74) is 4.00. The largest absolute Gasteiger partial charge is 0.335 e. The van der Waals surface area contributed by atoms with Crippen molar-refractivity contribution in [3.8, 4) is 0 Å². The van der Waals surface area contributed by atoms with Crippen molar-refractivity contribution in [3.63, 3.8) is 0 Å². The predicted molar refractivity (Wildman–Crippen MR) is 76.7 cm³/mol. The fourth-order valence-electron chi connectivity index (χ4n) is 2.48. The summed E-state index contributed by atoms with van der Waals surface area (Å²) in [6.45, 7) is 0. The van der Waals surface area contributed by atoms with E-state index in [-0.39, 0.29) is 5.78 Å². The zero-order chi connectivity index (χ0) is 14.3. The smallest absolute Gasteiger partial charge is 0.196 e. The van der Waals surface area contributed by atoms with Crippen molar-refractivity contribution in [1.29, 1.82) is 0 Å². The summed E-state index contributed by atoms with van der Waals surface area (Å²) in [7, 11) is 3.54. The van der Waals surface area contributed by atoms with Crippen LogP contribution in [0.25, 0.3) is 11.0 Å². The summed E-state index contributed by atoms with van der Waals surface area (Å²) in [5, 5.41) is 1.30. The molecular weight excluding hydrogens is 278 g/mol. The molecule has 1 aliphatic rings. The molecule has 0 saturated heterocycles. The van der Waals surface area contributed by atoms with Crippen LogP contribution in [0.15, 0.2) is 18.5 Å². The van der Waals surface area contributed by atoms with Gasteiger partial charge in [-0.15, -0.1) is 0 Å². The molecule has 20 heavy (non-hydrogen) atoms. The van der Waals surface area contributed by atoms with E-state index in [4.69, 9.17) is 16.4 Å². The zero-order valence-electron chi connectivity index (χ0n) is 11.4. The van der Waals surface area contributed by atoms with Gasteiger partial charge in [0, 0.05) is 37.4 Å². The summed E-state index contributed by atoms with van der Waals surface area (Å²) >= 11 is 5.99. The first-order valence-corrected chi connectivity index (χ1v) is 6.96. The summed E-state index contributed by atoms with van der Waals surface area (Å²) in [6, 6.07) is 1.78. The minimum Gasteiger partial charge on any atom is -0.335 e. The van der Waals surface area contributed by atoms with Gasteiger partial charge in [0.05, 0.1) is 5.02 Å². The molecular formula is C14H16ClN3O2. The Hall–Kier alpha value is -1.43. The summed E-state index contributed by atoms with van der Waals surface area (Å²) < 4.78 is 1.84. The Morgan fingerprint density at radius 3 is 3.00 bits per heavy atom. The Labute approximate surface area is 121 Å². The summed E-state index contributed by atoms with van der Waals surface area (Å²) in [5.74, 6) is 0.286. The maximum atomic E-state index is 12.7. The first-order chi connectivity index (χ1) is 9.61. The van der Waals surface area contributed by atoms with E-state index in [2.05, 4.69) is 10.5 Å². The molecule has 1 N–H and O–H groups in total. The number of carbonyl (C=O) groups excluding carboxylic acids is 1. The lowest BCUT2D eigenvalue weighted by atomic mass is 10.0. The molecule has 1 fully saturated rings. The van der Waals surface area contributed by atoms with E-state index in [1.54, 1.807) is 25.5 Å². The number of fused-ring (bicyclic) bond motifs is 1. The predicted octanol–water partition coefficient (Wildman–Crippen LogP) is 2.34. The van der Waals surface area contributed by atoms with E-state index >= 15 is 0 Å². The minimum atomic E-state index is -0.440. The van der Waals surface area contributed by atoms with Crippen LogP contribution in [0.3, 0.4) is 0 Å². The molecule has 0 spiro atoms. The van der Waals surface area contributed by atoms with Gasteiger partial charge >= 0.3 is 0 Å². The van der Waals surface area contributed by atoms with Gasteiger partial charge in [0.1, 0.15) is 11.8 Å². The standard InChI is InChI=1S/C14H16ClN3O2/c1-16-20-13(8-3-4-8)12(19)11-7-18(2)14-10(11)5-9(15)6-17-14/h5-8,13,16H,3-4H2,1-2H3. The fourth-order valence-corrected chi connectivity index (χ4v) is 2.63. The molecule has 0 aromatic carbocycles. The number of hydroxylamine groups is 1. The highest BCUT2D eigenvalue weighted by Crippen LogP contribution is 2.36. The number of ketones is 1. The molecule has 2 aromatic rings. The molecule has 1 unspecified atom stereocenters. The van der Waals surface area contributed by atoms with Gasteiger partial charge in [-0.1, -0.05) is 11.6 Å². The first kappa shape index (κ1) is 13.5. The van der Waals surface area contributed by atoms with Crippen molar-refractivity contribution in [2.45, 2.75) is 18.9 Å². The lowest BCUT2D eigenvalue weighted by molar-refractivity contribution is -0.0120. The van der Waals surface area contributed by atoms with Crippen LogP contribution in [0.4, 0.5) is 0 Å². The van der Waals surface area contributed by atoms with Gasteiger partial charge in [0.15, 0.2) is 5.78 Å². The van der Waals surface area contributed by atoms with Crippen molar-refractivity contribution in [2.24, 2.45) is 13.0 Å². The van der Waals surface area contributed by atoms with E-state index in [0.29, 0.717) is 16.5 Å². The lowest BCUT2D eigenvalue weighted by Gasteiger charge is -2.14. The molecule has 2 aromatic heterocycles. The molecule has 106 valence electrons. The van der Waals surface area contributed by atoms with E-state index < -0.39 is 6.10 Å². The Kier molecular flexibility index (Phi) is 3.50. The number of hydrogen-bond donors (Lipinski definition) is 1. The minimum absolute atomic E-state index is 0.0171. The third kappa shape index (κ3) is 2.32. The van der Waals surface area contributed by atoms with Crippen molar-refractivity contribution in [1.82, 2.24) is 15.0 Å². The topological polar surface area (TPSA) is 56.1 Å². The van der Waals surface area contributed by atoms with E-state index in [1.807, 2.05) is 11.6 Å². The van der Waals surface area contributed by atoms with Gasteiger partial charge in [0.25, 0.3) is 0 Å². The van der Waals surface area contributed by atoms with Crippen LogP contribution in [0, 0.1) is 5.92 Å². The first-order valence-electron chi connectivity index (χ1n) is 6.59. The van der Waals surface area contributed by atoms with Crippen molar-refractivity contribution in [2.75, 3.05) is 7.05 Å². The fraction of sp³-hybridized carbons (Fsp3) is 0.429. The molecule has 2 heterocycles. The maximum Gasteiger partial charge on any atom is 0.196 e. The van der Waals surface area contributed by atoms with Crippen LogP contribution >= 0.6 is 11.6 Å². The number of carbonyl (C=O) groups is 1. The monoisotopic (exact) mass is 293 g/mol. The lowest BCUT2D eigenvalue weighted by Crippen LogP contribution is -2.31.